The summed E-state index contributed by atoms with van der Waals surface area (Å²) in [5.41, 5.74) is 0.753. The Balaban J connectivity index is 1.11. The first-order valence-electron chi connectivity index (χ1n) is 12.9. The fourth-order valence-electron chi connectivity index (χ4n) is 5.39. The second-order valence-corrected chi connectivity index (χ2v) is 10.3. The predicted octanol–water partition coefficient (Wildman–Crippen LogP) is 2.99. The van der Waals surface area contributed by atoms with Crippen LogP contribution in [0.25, 0.3) is 16.7 Å². The van der Waals surface area contributed by atoms with Gasteiger partial charge in [-0.05, 0) is 55.5 Å². The number of aromatic nitrogens is 4. The molecular formula is C28H29FN6O3. The van der Waals surface area contributed by atoms with Gasteiger partial charge < -0.3 is 14.9 Å². The lowest BCUT2D eigenvalue weighted by Gasteiger charge is -2.46. The zero-order valence-electron chi connectivity index (χ0n) is 20.9. The third kappa shape index (κ3) is 4.56. The molecule has 1 unspecified atom stereocenters. The van der Waals surface area contributed by atoms with E-state index in [9.17, 15) is 19.1 Å². The summed E-state index contributed by atoms with van der Waals surface area (Å²) in [5, 5.41) is 15.9. The Hall–Kier alpha value is -4.05. The number of amides is 2. The number of rotatable bonds is 5. The highest BCUT2D eigenvalue weighted by atomic mass is 19.1. The van der Waals surface area contributed by atoms with Crippen molar-refractivity contribution in [3.8, 4) is 5.69 Å². The van der Waals surface area contributed by atoms with Crippen LogP contribution >= 0.6 is 0 Å². The number of fused-ring (bicyclic) bond motifs is 1. The summed E-state index contributed by atoms with van der Waals surface area (Å²) in [6, 6.07) is 16.2. The zero-order valence-corrected chi connectivity index (χ0v) is 20.9. The van der Waals surface area contributed by atoms with E-state index in [1.807, 2.05) is 28.0 Å². The van der Waals surface area contributed by atoms with Crippen molar-refractivity contribution in [3.05, 3.63) is 88.9 Å². The Kier molecular flexibility index (Phi) is 6.19. The third-order valence-electron chi connectivity index (χ3n) is 7.76. The summed E-state index contributed by atoms with van der Waals surface area (Å²) < 4.78 is 16.2. The van der Waals surface area contributed by atoms with E-state index >= 15 is 0 Å². The molecule has 1 N–H and O–H groups in total. The van der Waals surface area contributed by atoms with Crippen molar-refractivity contribution >= 4 is 17.1 Å². The molecule has 2 saturated heterocycles. The van der Waals surface area contributed by atoms with Crippen LogP contribution in [0.15, 0.2) is 71.9 Å². The van der Waals surface area contributed by atoms with Crippen LogP contribution in [-0.2, 0) is 13.0 Å². The molecule has 196 valence electrons. The summed E-state index contributed by atoms with van der Waals surface area (Å²) in [4.78, 5) is 34.5. The number of halogens is 1. The lowest BCUT2D eigenvalue weighted by atomic mass is 9.91. The molecule has 0 saturated carbocycles. The number of carbonyl (C=O) groups is 1. The van der Waals surface area contributed by atoms with Crippen LogP contribution in [0.2, 0.25) is 0 Å². The monoisotopic (exact) mass is 516 g/mol. The number of likely N-dealkylation sites (tertiary alicyclic amines) is 2. The molecule has 6 rings (SSSR count). The lowest BCUT2D eigenvalue weighted by Crippen LogP contribution is -2.59. The average Bonchev–Trinajstić information content (AvgIpc) is 3.34. The van der Waals surface area contributed by atoms with Gasteiger partial charge in [0.15, 0.2) is 5.65 Å². The van der Waals surface area contributed by atoms with E-state index in [0.29, 0.717) is 42.7 Å². The second kappa shape index (κ2) is 9.68. The SMILES string of the molecule is O=C(N1CCC(O)(Cn2cnc3c(cnn3-c3ccc(F)cc3)c2=O)CC1)N1CCC1Cc1ccccc1. The van der Waals surface area contributed by atoms with Gasteiger partial charge in [-0.3, -0.25) is 9.36 Å². The van der Waals surface area contributed by atoms with E-state index in [1.54, 1.807) is 12.1 Å². The van der Waals surface area contributed by atoms with Crippen LogP contribution in [0.4, 0.5) is 9.18 Å². The molecule has 2 amide bonds. The summed E-state index contributed by atoms with van der Waals surface area (Å²) in [5.74, 6) is -0.363. The molecule has 0 aliphatic carbocycles. The predicted molar refractivity (Wildman–Crippen MR) is 139 cm³/mol. The van der Waals surface area contributed by atoms with Gasteiger partial charge in [-0.15, -0.1) is 0 Å². The van der Waals surface area contributed by atoms with Gasteiger partial charge in [0.25, 0.3) is 5.56 Å². The van der Waals surface area contributed by atoms with Gasteiger partial charge in [-0.1, -0.05) is 30.3 Å². The maximum atomic E-state index is 13.3. The van der Waals surface area contributed by atoms with E-state index in [0.717, 1.165) is 19.4 Å². The quantitative estimate of drug-likeness (QED) is 0.440. The first-order chi connectivity index (χ1) is 18.4. The van der Waals surface area contributed by atoms with Crippen molar-refractivity contribution < 1.29 is 14.3 Å². The van der Waals surface area contributed by atoms with E-state index < -0.39 is 5.60 Å². The van der Waals surface area contributed by atoms with Gasteiger partial charge >= 0.3 is 6.03 Å². The first kappa shape index (κ1) is 24.3. The number of aliphatic hydroxyl groups is 1. The van der Waals surface area contributed by atoms with Gasteiger partial charge in [0.1, 0.15) is 17.5 Å². The summed E-state index contributed by atoms with van der Waals surface area (Å²) in [7, 11) is 0. The number of urea groups is 1. The Morgan fingerprint density at radius 1 is 1.05 bits per heavy atom. The number of nitrogens with zero attached hydrogens (tertiary/aromatic N) is 6. The van der Waals surface area contributed by atoms with Gasteiger partial charge in [0.2, 0.25) is 0 Å². The molecule has 0 spiro atoms. The second-order valence-electron chi connectivity index (χ2n) is 10.3. The zero-order chi connectivity index (χ0) is 26.3. The van der Waals surface area contributed by atoms with Crippen LogP contribution in [0.3, 0.4) is 0 Å². The minimum Gasteiger partial charge on any atom is -0.388 e. The molecule has 0 bridgehead atoms. The summed E-state index contributed by atoms with van der Waals surface area (Å²) >= 11 is 0. The molecule has 4 aromatic rings. The average molecular weight is 517 g/mol. The first-order valence-corrected chi connectivity index (χ1v) is 12.9. The van der Waals surface area contributed by atoms with Crippen LogP contribution in [0, 0.1) is 5.82 Å². The largest absolute Gasteiger partial charge is 0.388 e. The molecule has 9 nitrogen and oxygen atoms in total. The molecule has 4 heterocycles. The van der Waals surface area contributed by atoms with Gasteiger partial charge in [-0.2, -0.15) is 5.10 Å². The van der Waals surface area contributed by atoms with Crippen molar-refractivity contribution in [1.29, 1.82) is 0 Å². The molecule has 10 heteroatoms. The van der Waals surface area contributed by atoms with Crippen molar-refractivity contribution in [3.63, 3.8) is 0 Å². The van der Waals surface area contributed by atoms with Gasteiger partial charge in [-0.25, -0.2) is 18.9 Å². The third-order valence-corrected chi connectivity index (χ3v) is 7.76. The minimum atomic E-state index is -1.12. The topological polar surface area (TPSA) is 96.5 Å². The van der Waals surface area contributed by atoms with Gasteiger partial charge in [0.05, 0.1) is 24.0 Å². The molecule has 2 fully saturated rings. The lowest BCUT2D eigenvalue weighted by molar-refractivity contribution is -0.0325. The fraction of sp³-hybridized carbons (Fsp3) is 0.357. The summed E-state index contributed by atoms with van der Waals surface area (Å²) in [6.45, 7) is 1.69. The smallest absolute Gasteiger partial charge is 0.320 e. The molecule has 0 radical (unpaired) electrons. The van der Waals surface area contributed by atoms with Crippen molar-refractivity contribution in [2.24, 2.45) is 0 Å². The van der Waals surface area contributed by atoms with Crippen LogP contribution in [0.5, 0.6) is 0 Å². The van der Waals surface area contributed by atoms with Crippen LogP contribution in [-0.4, -0.2) is 71.5 Å². The fourth-order valence-corrected chi connectivity index (χ4v) is 5.39. The highest BCUT2D eigenvalue weighted by molar-refractivity contribution is 5.76. The molecule has 1 atom stereocenters. The molecule has 2 aromatic heterocycles. The molecule has 38 heavy (non-hydrogen) atoms. The van der Waals surface area contributed by atoms with E-state index in [2.05, 4.69) is 22.2 Å². The van der Waals surface area contributed by atoms with Crippen LogP contribution < -0.4 is 5.56 Å². The Morgan fingerprint density at radius 2 is 1.79 bits per heavy atom. The van der Waals surface area contributed by atoms with Crippen molar-refractivity contribution in [1.82, 2.24) is 29.1 Å². The highest BCUT2D eigenvalue weighted by Crippen LogP contribution is 2.28. The maximum absolute atomic E-state index is 13.3. The van der Waals surface area contributed by atoms with Crippen molar-refractivity contribution in [2.75, 3.05) is 19.6 Å². The molecule has 2 aromatic carbocycles. The standard InChI is InChI=1S/C28H29FN6O3/c29-21-6-8-22(9-7-21)35-25-24(17-31-35)26(36)33(19-30-25)18-28(38)11-14-32(15-12-28)27(37)34-13-10-23(34)16-20-4-2-1-3-5-20/h1-9,17,19,23,38H,10-16,18H2. The van der Waals surface area contributed by atoms with E-state index in [4.69, 9.17) is 0 Å². The van der Waals surface area contributed by atoms with Crippen molar-refractivity contribution in [2.45, 2.75) is 43.9 Å². The molecular weight excluding hydrogens is 487 g/mol. The number of hydrogen-bond acceptors (Lipinski definition) is 5. The Morgan fingerprint density at radius 3 is 2.47 bits per heavy atom. The van der Waals surface area contributed by atoms with Gasteiger partial charge in [0, 0.05) is 25.7 Å². The van der Waals surface area contributed by atoms with E-state index in [-0.39, 0.29) is 30.0 Å². The number of hydrogen-bond donors (Lipinski definition) is 1. The molecule has 2 aliphatic heterocycles. The minimum absolute atomic E-state index is 0.0210. The number of carbonyl (C=O) groups excluding carboxylic acids is 1. The van der Waals surface area contributed by atoms with E-state index in [1.165, 1.54) is 39.5 Å². The Labute approximate surface area is 218 Å². The maximum Gasteiger partial charge on any atom is 0.320 e. The number of piperidine rings is 1. The highest BCUT2D eigenvalue weighted by Gasteiger charge is 2.39. The summed E-state index contributed by atoms with van der Waals surface area (Å²) in [6.07, 6.45) is 5.43. The Bertz CT molecular complexity index is 1510. The number of benzene rings is 2. The molecule has 2 aliphatic rings. The van der Waals surface area contributed by atoms with Crippen LogP contribution in [0.1, 0.15) is 24.8 Å². The normalized spacial score (nSPS) is 18.9.